The standard InChI is InChI=1S/C17H23ClN2O3/c18-16-4-3-14(21)12-15(16)17(22)20-6-1-2-13(5-7-20)19-8-10-23-11-9-19/h3-4,12-13,21H,1-2,5-11H2. The van der Waals surface area contributed by atoms with Crippen molar-refractivity contribution < 1.29 is 14.6 Å². The molecule has 1 aromatic carbocycles. The van der Waals surface area contributed by atoms with Crippen LogP contribution in [0.2, 0.25) is 5.02 Å². The maximum Gasteiger partial charge on any atom is 0.255 e. The smallest absolute Gasteiger partial charge is 0.255 e. The van der Waals surface area contributed by atoms with Gasteiger partial charge in [0.15, 0.2) is 0 Å². The quantitative estimate of drug-likeness (QED) is 0.899. The SMILES string of the molecule is O=C(c1cc(O)ccc1Cl)N1CCCC(N2CCOCC2)CC1. The van der Waals surface area contributed by atoms with Crippen LogP contribution in [0.5, 0.6) is 5.75 Å². The number of benzene rings is 1. The molecule has 0 aromatic heterocycles. The van der Waals surface area contributed by atoms with E-state index in [0.29, 0.717) is 16.6 Å². The van der Waals surface area contributed by atoms with E-state index in [-0.39, 0.29) is 11.7 Å². The highest BCUT2D eigenvalue weighted by Crippen LogP contribution is 2.25. The summed E-state index contributed by atoms with van der Waals surface area (Å²) in [6.45, 7) is 5.04. The lowest BCUT2D eigenvalue weighted by Crippen LogP contribution is -2.44. The molecule has 1 amide bonds. The highest BCUT2D eigenvalue weighted by molar-refractivity contribution is 6.33. The van der Waals surface area contributed by atoms with Crippen LogP contribution < -0.4 is 0 Å². The van der Waals surface area contributed by atoms with Crippen molar-refractivity contribution in [2.75, 3.05) is 39.4 Å². The van der Waals surface area contributed by atoms with Crippen molar-refractivity contribution in [3.63, 3.8) is 0 Å². The number of rotatable bonds is 2. The normalized spacial score (nSPS) is 23.5. The number of aromatic hydroxyl groups is 1. The molecule has 3 rings (SSSR count). The number of morpholine rings is 1. The van der Waals surface area contributed by atoms with Crippen molar-refractivity contribution in [2.45, 2.75) is 25.3 Å². The molecule has 2 fully saturated rings. The van der Waals surface area contributed by atoms with Gasteiger partial charge in [0.1, 0.15) is 5.75 Å². The maximum atomic E-state index is 12.7. The van der Waals surface area contributed by atoms with Crippen LogP contribution in [0, 0.1) is 0 Å². The molecule has 0 saturated carbocycles. The van der Waals surface area contributed by atoms with Crippen LogP contribution in [0.3, 0.4) is 0 Å². The lowest BCUT2D eigenvalue weighted by Gasteiger charge is -2.34. The molecular formula is C17H23ClN2O3. The Labute approximate surface area is 141 Å². The van der Waals surface area contributed by atoms with Gasteiger partial charge >= 0.3 is 0 Å². The molecule has 5 nitrogen and oxygen atoms in total. The monoisotopic (exact) mass is 338 g/mol. The Hall–Kier alpha value is -1.30. The molecule has 1 aromatic rings. The van der Waals surface area contributed by atoms with E-state index in [9.17, 15) is 9.90 Å². The Bertz CT molecular complexity index is 561. The first kappa shape index (κ1) is 16.6. The summed E-state index contributed by atoms with van der Waals surface area (Å²) in [5, 5.41) is 10.00. The number of ether oxygens (including phenoxy) is 1. The summed E-state index contributed by atoms with van der Waals surface area (Å²) in [4.78, 5) is 17.1. The third-order valence-electron chi connectivity index (χ3n) is 4.73. The summed E-state index contributed by atoms with van der Waals surface area (Å²) in [5.74, 6) is -0.0210. The number of phenolic OH excluding ortho intramolecular Hbond substituents is 1. The fraction of sp³-hybridized carbons (Fsp3) is 0.588. The number of hydrogen-bond acceptors (Lipinski definition) is 4. The molecule has 1 unspecified atom stereocenters. The summed E-state index contributed by atoms with van der Waals surface area (Å²) >= 11 is 6.12. The number of likely N-dealkylation sites (tertiary alicyclic amines) is 1. The maximum absolute atomic E-state index is 12.7. The first-order valence-corrected chi connectivity index (χ1v) is 8.62. The van der Waals surface area contributed by atoms with Gasteiger partial charge in [-0.15, -0.1) is 0 Å². The fourth-order valence-electron chi connectivity index (χ4n) is 3.44. The molecule has 1 N–H and O–H groups in total. The molecule has 126 valence electrons. The Morgan fingerprint density at radius 1 is 1.17 bits per heavy atom. The van der Waals surface area contributed by atoms with E-state index in [1.54, 1.807) is 6.07 Å². The van der Waals surface area contributed by atoms with Crippen molar-refractivity contribution in [2.24, 2.45) is 0 Å². The zero-order valence-corrected chi connectivity index (χ0v) is 14.0. The van der Waals surface area contributed by atoms with Gasteiger partial charge in [-0.2, -0.15) is 0 Å². The van der Waals surface area contributed by atoms with E-state index in [2.05, 4.69) is 4.90 Å². The van der Waals surface area contributed by atoms with Gasteiger partial charge in [-0.3, -0.25) is 9.69 Å². The lowest BCUT2D eigenvalue weighted by atomic mass is 10.1. The van der Waals surface area contributed by atoms with Gasteiger partial charge in [-0.1, -0.05) is 11.6 Å². The number of carbonyl (C=O) groups excluding carboxylic acids is 1. The third-order valence-corrected chi connectivity index (χ3v) is 5.06. The van der Waals surface area contributed by atoms with Gasteiger partial charge in [0.05, 0.1) is 23.8 Å². The van der Waals surface area contributed by atoms with E-state index >= 15 is 0 Å². The molecule has 6 heteroatoms. The molecule has 0 spiro atoms. The molecule has 1 atom stereocenters. The first-order valence-electron chi connectivity index (χ1n) is 8.25. The molecule has 2 saturated heterocycles. The van der Waals surface area contributed by atoms with E-state index in [1.165, 1.54) is 12.1 Å². The minimum atomic E-state index is -0.0893. The molecular weight excluding hydrogens is 316 g/mol. The van der Waals surface area contributed by atoms with Crippen LogP contribution in [0.4, 0.5) is 0 Å². The zero-order valence-electron chi connectivity index (χ0n) is 13.2. The highest BCUT2D eigenvalue weighted by atomic mass is 35.5. The summed E-state index contributed by atoms with van der Waals surface area (Å²) in [6.07, 6.45) is 3.07. The van der Waals surface area contributed by atoms with Gasteiger partial charge in [0.2, 0.25) is 0 Å². The van der Waals surface area contributed by atoms with E-state index in [0.717, 1.165) is 58.7 Å². The average molecular weight is 339 g/mol. The Morgan fingerprint density at radius 3 is 2.74 bits per heavy atom. The van der Waals surface area contributed by atoms with E-state index in [1.807, 2.05) is 4.90 Å². The number of nitrogens with zero attached hydrogens (tertiary/aromatic N) is 2. The molecule has 0 radical (unpaired) electrons. The Kier molecular flexibility index (Phi) is 5.41. The van der Waals surface area contributed by atoms with Crippen LogP contribution >= 0.6 is 11.6 Å². The van der Waals surface area contributed by atoms with E-state index in [4.69, 9.17) is 16.3 Å². The predicted molar refractivity (Wildman–Crippen MR) is 89.1 cm³/mol. The second-order valence-electron chi connectivity index (χ2n) is 6.19. The van der Waals surface area contributed by atoms with Crippen molar-refractivity contribution in [1.82, 2.24) is 9.80 Å². The van der Waals surface area contributed by atoms with Crippen molar-refractivity contribution in [1.29, 1.82) is 0 Å². The largest absolute Gasteiger partial charge is 0.508 e. The predicted octanol–water partition coefficient (Wildman–Crippen LogP) is 2.37. The first-order chi connectivity index (χ1) is 11.1. The topological polar surface area (TPSA) is 53.0 Å². The van der Waals surface area contributed by atoms with Crippen LogP contribution in [-0.2, 0) is 4.74 Å². The molecule has 0 bridgehead atoms. The summed E-state index contributed by atoms with van der Waals surface area (Å²) in [5.41, 5.74) is 0.386. The van der Waals surface area contributed by atoms with E-state index < -0.39 is 0 Å². The van der Waals surface area contributed by atoms with Gasteiger partial charge in [0, 0.05) is 32.2 Å². The fourth-order valence-corrected chi connectivity index (χ4v) is 3.64. The van der Waals surface area contributed by atoms with Crippen LogP contribution in [0.1, 0.15) is 29.6 Å². The van der Waals surface area contributed by atoms with Gasteiger partial charge < -0.3 is 14.7 Å². The molecule has 2 aliphatic rings. The molecule has 23 heavy (non-hydrogen) atoms. The minimum Gasteiger partial charge on any atom is -0.508 e. The second kappa shape index (κ2) is 7.51. The zero-order chi connectivity index (χ0) is 16.2. The third kappa shape index (κ3) is 3.97. The summed E-state index contributed by atoms with van der Waals surface area (Å²) in [6, 6.07) is 5.04. The Morgan fingerprint density at radius 2 is 1.96 bits per heavy atom. The number of halogens is 1. The summed E-state index contributed by atoms with van der Waals surface area (Å²) in [7, 11) is 0. The highest BCUT2D eigenvalue weighted by Gasteiger charge is 2.27. The van der Waals surface area contributed by atoms with Crippen LogP contribution in [0.25, 0.3) is 0 Å². The van der Waals surface area contributed by atoms with Crippen LogP contribution in [0.15, 0.2) is 18.2 Å². The lowest BCUT2D eigenvalue weighted by molar-refractivity contribution is 0.0135. The van der Waals surface area contributed by atoms with Gasteiger partial charge in [0.25, 0.3) is 5.91 Å². The summed E-state index contributed by atoms with van der Waals surface area (Å²) < 4.78 is 5.42. The molecule has 2 heterocycles. The molecule has 2 aliphatic heterocycles. The number of amides is 1. The average Bonchev–Trinajstić information content (AvgIpc) is 2.83. The number of phenols is 1. The van der Waals surface area contributed by atoms with Crippen molar-refractivity contribution >= 4 is 17.5 Å². The number of carbonyl (C=O) groups is 1. The number of hydrogen-bond donors (Lipinski definition) is 1. The Balaban J connectivity index is 1.65. The second-order valence-corrected chi connectivity index (χ2v) is 6.60. The van der Waals surface area contributed by atoms with Crippen molar-refractivity contribution in [3.05, 3.63) is 28.8 Å². The minimum absolute atomic E-state index is 0.0683. The molecule has 0 aliphatic carbocycles. The van der Waals surface area contributed by atoms with Crippen LogP contribution in [-0.4, -0.2) is 66.2 Å². The van der Waals surface area contributed by atoms with Gasteiger partial charge in [-0.25, -0.2) is 0 Å². The van der Waals surface area contributed by atoms with Gasteiger partial charge in [-0.05, 0) is 37.5 Å². The van der Waals surface area contributed by atoms with Crippen molar-refractivity contribution in [3.8, 4) is 5.75 Å².